The van der Waals surface area contributed by atoms with Crippen molar-refractivity contribution in [2.75, 3.05) is 4.72 Å². The summed E-state index contributed by atoms with van der Waals surface area (Å²) in [5.74, 6) is -0.627. The summed E-state index contributed by atoms with van der Waals surface area (Å²) in [6.07, 6.45) is 0. The number of rotatable bonds is 3. The van der Waals surface area contributed by atoms with E-state index in [-0.39, 0.29) is 10.6 Å². The number of benzene rings is 2. The molecule has 2 rings (SSSR count). The van der Waals surface area contributed by atoms with Crippen LogP contribution in [0.3, 0.4) is 0 Å². The van der Waals surface area contributed by atoms with Crippen molar-refractivity contribution < 1.29 is 12.8 Å². The molecule has 0 saturated carbocycles. The highest BCUT2D eigenvalue weighted by molar-refractivity contribution is 9.10. The van der Waals surface area contributed by atoms with Gasteiger partial charge in [0.25, 0.3) is 10.0 Å². The quantitative estimate of drug-likeness (QED) is 0.938. The van der Waals surface area contributed by atoms with Crippen molar-refractivity contribution in [2.45, 2.75) is 4.90 Å². The SMILES string of the molecule is O=S(=O)(Nc1cc(Br)ccc1F)c1ccccc1. The molecule has 2 aromatic rings. The summed E-state index contributed by atoms with van der Waals surface area (Å²) in [5, 5.41) is 0. The molecule has 1 N–H and O–H groups in total. The summed E-state index contributed by atoms with van der Waals surface area (Å²) in [5.41, 5.74) is -0.0896. The molecule has 0 heterocycles. The Hall–Kier alpha value is -1.40. The molecule has 0 fully saturated rings. The summed E-state index contributed by atoms with van der Waals surface area (Å²) in [4.78, 5) is 0.0874. The molecule has 94 valence electrons. The van der Waals surface area contributed by atoms with Gasteiger partial charge in [-0.3, -0.25) is 4.72 Å². The van der Waals surface area contributed by atoms with Crippen molar-refractivity contribution in [3.05, 3.63) is 58.8 Å². The highest BCUT2D eigenvalue weighted by Crippen LogP contribution is 2.22. The Morgan fingerprint density at radius 1 is 1.06 bits per heavy atom. The van der Waals surface area contributed by atoms with Crippen LogP contribution in [0.25, 0.3) is 0 Å². The Balaban J connectivity index is 2.37. The molecular weight excluding hydrogens is 321 g/mol. The van der Waals surface area contributed by atoms with Crippen LogP contribution in [0, 0.1) is 5.82 Å². The van der Waals surface area contributed by atoms with Gasteiger partial charge in [-0.05, 0) is 30.3 Å². The Labute approximate surface area is 113 Å². The molecule has 0 aliphatic carbocycles. The van der Waals surface area contributed by atoms with E-state index in [1.165, 1.54) is 30.3 Å². The fourth-order valence-corrected chi connectivity index (χ4v) is 2.82. The van der Waals surface area contributed by atoms with Crippen LogP contribution in [0.1, 0.15) is 0 Å². The summed E-state index contributed by atoms with van der Waals surface area (Å²) >= 11 is 3.16. The average molecular weight is 330 g/mol. The molecule has 18 heavy (non-hydrogen) atoms. The predicted octanol–water partition coefficient (Wildman–Crippen LogP) is 3.39. The highest BCUT2D eigenvalue weighted by atomic mass is 79.9. The van der Waals surface area contributed by atoms with Gasteiger partial charge in [-0.1, -0.05) is 34.1 Å². The molecule has 3 nitrogen and oxygen atoms in total. The molecule has 0 aromatic heterocycles. The van der Waals surface area contributed by atoms with E-state index >= 15 is 0 Å². The van der Waals surface area contributed by atoms with E-state index in [4.69, 9.17) is 0 Å². The molecule has 0 amide bonds. The molecular formula is C12H9BrFNO2S. The third-order valence-corrected chi connectivity index (χ3v) is 4.10. The largest absolute Gasteiger partial charge is 0.277 e. The zero-order chi connectivity index (χ0) is 13.2. The van der Waals surface area contributed by atoms with Gasteiger partial charge in [0, 0.05) is 4.47 Å². The number of sulfonamides is 1. The summed E-state index contributed by atoms with van der Waals surface area (Å²) in [6.45, 7) is 0. The normalized spacial score (nSPS) is 11.2. The lowest BCUT2D eigenvalue weighted by Gasteiger charge is -2.09. The fraction of sp³-hybridized carbons (Fsp3) is 0. The molecule has 0 spiro atoms. The lowest BCUT2D eigenvalue weighted by molar-refractivity contribution is 0.598. The van der Waals surface area contributed by atoms with Crippen molar-refractivity contribution in [3.63, 3.8) is 0 Å². The minimum atomic E-state index is -3.76. The molecule has 0 atom stereocenters. The first-order valence-corrected chi connectivity index (χ1v) is 7.29. The Bertz CT molecular complexity index is 659. The van der Waals surface area contributed by atoms with Crippen LogP contribution < -0.4 is 4.72 Å². The maximum absolute atomic E-state index is 13.5. The molecule has 0 radical (unpaired) electrons. The third-order valence-electron chi connectivity index (χ3n) is 2.23. The molecule has 2 aromatic carbocycles. The van der Waals surface area contributed by atoms with Crippen LogP contribution in [0.4, 0.5) is 10.1 Å². The molecule has 0 saturated heterocycles. The standard InChI is InChI=1S/C12H9BrFNO2S/c13-9-6-7-11(14)12(8-9)15-18(16,17)10-4-2-1-3-5-10/h1-8,15H. The molecule has 6 heteroatoms. The number of anilines is 1. The van der Waals surface area contributed by atoms with E-state index in [1.54, 1.807) is 18.2 Å². The first kappa shape index (κ1) is 13.0. The molecule has 0 bridgehead atoms. The smallest absolute Gasteiger partial charge is 0.261 e. The topological polar surface area (TPSA) is 46.2 Å². The molecule has 0 aliphatic heterocycles. The van der Waals surface area contributed by atoms with Crippen LogP contribution in [0.2, 0.25) is 0 Å². The van der Waals surface area contributed by atoms with Gasteiger partial charge in [0.15, 0.2) is 0 Å². The van der Waals surface area contributed by atoms with Crippen LogP contribution in [0.15, 0.2) is 57.9 Å². The van der Waals surface area contributed by atoms with Crippen LogP contribution >= 0.6 is 15.9 Å². The van der Waals surface area contributed by atoms with Crippen LogP contribution in [-0.2, 0) is 10.0 Å². The fourth-order valence-electron chi connectivity index (χ4n) is 1.38. The van der Waals surface area contributed by atoms with Gasteiger partial charge >= 0.3 is 0 Å². The summed E-state index contributed by atoms with van der Waals surface area (Å²) in [7, 11) is -3.76. The minimum Gasteiger partial charge on any atom is -0.277 e. The number of halogens is 2. The van der Waals surface area contributed by atoms with E-state index in [1.807, 2.05) is 0 Å². The van der Waals surface area contributed by atoms with Crippen molar-refractivity contribution in [2.24, 2.45) is 0 Å². The van der Waals surface area contributed by atoms with Gasteiger partial charge in [-0.2, -0.15) is 0 Å². The maximum atomic E-state index is 13.5. The molecule has 0 aliphatic rings. The Morgan fingerprint density at radius 2 is 1.72 bits per heavy atom. The third kappa shape index (κ3) is 2.88. The average Bonchev–Trinajstić information content (AvgIpc) is 2.35. The van der Waals surface area contributed by atoms with Gasteiger partial charge in [-0.25, -0.2) is 12.8 Å². The lowest BCUT2D eigenvalue weighted by atomic mass is 10.3. The highest BCUT2D eigenvalue weighted by Gasteiger charge is 2.15. The Morgan fingerprint density at radius 3 is 2.39 bits per heavy atom. The van der Waals surface area contributed by atoms with Crippen LogP contribution in [-0.4, -0.2) is 8.42 Å². The van der Waals surface area contributed by atoms with Gasteiger partial charge in [0.1, 0.15) is 5.82 Å². The summed E-state index contributed by atoms with van der Waals surface area (Å²) < 4.78 is 40.2. The number of hydrogen-bond donors (Lipinski definition) is 1. The number of hydrogen-bond acceptors (Lipinski definition) is 2. The first-order chi connectivity index (χ1) is 8.49. The minimum absolute atomic E-state index is 0.0874. The van der Waals surface area contributed by atoms with E-state index in [2.05, 4.69) is 20.7 Å². The maximum Gasteiger partial charge on any atom is 0.261 e. The van der Waals surface area contributed by atoms with Crippen LogP contribution in [0.5, 0.6) is 0 Å². The second kappa shape index (κ2) is 5.07. The van der Waals surface area contributed by atoms with Crippen molar-refractivity contribution >= 4 is 31.6 Å². The second-order valence-electron chi connectivity index (χ2n) is 3.54. The number of nitrogens with one attached hydrogen (secondary N) is 1. The zero-order valence-corrected chi connectivity index (χ0v) is 11.5. The van der Waals surface area contributed by atoms with Crippen molar-refractivity contribution in [3.8, 4) is 0 Å². The second-order valence-corrected chi connectivity index (χ2v) is 6.14. The Kier molecular flexibility index (Phi) is 3.68. The monoisotopic (exact) mass is 329 g/mol. The van der Waals surface area contributed by atoms with Gasteiger partial charge < -0.3 is 0 Å². The lowest BCUT2D eigenvalue weighted by Crippen LogP contribution is -2.13. The van der Waals surface area contributed by atoms with Crippen molar-refractivity contribution in [1.29, 1.82) is 0 Å². The first-order valence-electron chi connectivity index (χ1n) is 5.02. The van der Waals surface area contributed by atoms with E-state index < -0.39 is 15.8 Å². The van der Waals surface area contributed by atoms with Gasteiger partial charge in [-0.15, -0.1) is 0 Å². The molecule has 0 unspecified atom stereocenters. The van der Waals surface area contributed by atoms with E-state index in [9.17, 15) is 12.8 Å². The van der Waals surface area contributed by atoms with Gasteiger partial charge in [0.2, 0.25) is 0 Å². The van der Waals surface area contributed by atoms with E-state index in [0.717, 1.165) is 0 Å². The van der Waals surface area contributed by atoms with E-state index in [0.29, 0.717) is 4.47 Å². The summed E-state index contributed by atoms with van der Waals surface area (Å²) in [6, 6.07) is 11.9. The van der Waals surface area contributed by atoms with Crippen molar-refractivity contribution in [1.82, 2.24) is 0 Å². The zero-order valence-electron chi connectivity index (χ0n) is 9.10. The predicted molar refractivity (Wildman–Crippen MR) is 71.4 cm³/mol. The van der Waals surface area contributed by atoms with Gasteiger partial charge in [0.05, 0.1) is 10.6 Å².